The number of fused-ring (bicyclic) bond motifs is 1. The molecule has 0 fully saturated rings. The number of H-pyrrole nitrogens is 1. The molecule has 2 heterocycles. The van der Waals surface area contributed by atoms with Crippen LogP contribution in [0.2, 0.25) is 0 Å². The van der Waals surface area contributed by atoms with Crippen LogP contribution < -0.4 is 0 Å². The first-order chi connectivity index (χ1) is 10.9. The van der Waals surface area contributed by atoms with Gasteiger partial charge in [-0.1, -0.05) is 23.9 Å². The van der Waals surface area contributed by atoms with Gasteiger partial charge < -0.3 is 0 Å². The maximum atomic E-state index is 12.4. The van der Waals surface area contributed by atoms with Crippen molar-refractivity contribution in [2.45, 2.75) is 11.3 Å². The summed E-state index contributed by atoms with van der Waals surface area (Å²) in [7, 11) is 0. The Kier molecular flexibility index (Phi) is 3.84. The summed E-state index contributed by atoms with van der Waals surface area (Å²) >= 11 is 0.927. The van der Waals surface area contributed by atoms with Crippen molar-refractivity contribution in [2.24, 2.45) is 0 Å². The number of imide groups is 1. The molecule has 3 rings (SSSR count). The monoisotopic (exact) mass is 342 g/mol. The van der Waals surface area contributed by atoms with Crippen LogP contribution in [0.25, 0.3) is 0 Å². The van der Waals surface area contributed by atoms with Crippen LogP contribution in [0.1, 0.15) is 26.5 Å². The van der Waals surface area contributed by atoms with Gasteiger partial charge in [-0.3, -0.25) is 19.6 Å². The van der Waals surface area contributed by atoms with Gasteiger partial charge >= 0.3 is 6.18 Å². The zero-order chi connectivity index (χ0) is 16.6. The molecule has 2 amide bonds. The Hall–Kier alpha value is -2.36. The number of thioether (sulfide) groups is 1. The third kappa shape index (κ3) is 2.93. The zero-order valence-electron chi connectivity index (χ0n) is 11.4. The number of hydrogen-bond donors (Lipinski definition) is 1. The average molecular weight is 342 g/mol. The lowest BCUT2D eigenvalue weighted by atomic mass is 10.1. The molecule has 0 atom stereocenters. The van der Waals surface area contributed by atoms with Gasteiger partial charge in [0.15, 0.2) is 0 Å². The Labute approximate surface area is 132 Å². The van der Waals surface area contributed by atoms with Crippen LogP contribution in [-0.2, 0) is 6.18 Å². The van der Waals surface area contributed by atoms with Gasteiger partial charge in [-0.2, -0.15) is 18.2 Å². The predicted octanol–water partition coefficient (Wildman–Crippen LogP) is 2.21. The first kappa shape index (κ1) is 15.5. The molecule has 1 aliphatic rings. The van der Waals surface area contributed by atoms with Crippen LogP contribution in [0.5, 0.6) is 0 Å². The Morgan fingerprint density at radius 1 is 1.13 bits per heavy atom. The van der Waals surface area contributed by atoms with Crippen LogP contribution >= 0.6 is 11.8 Å². The maximum absolute atomic E-state index is 12.4. The highest BCUT2D eigenvalue weighted by Crippen LogP contribution is 2.28. The molecule has 0 spiro atoms. The molecule has 0 unspecified atom stereocenters. The van der Waals surface area contributed by atoms with E-state index in [1.165, 1.54) is 0 Å². The zero-order valence-corrected chi connectivity index (χ0v) is 12.2. The highest BCUT2D eigenvalue weighted by molar-refractivity contribution is 7.99. The van der Waals surface area contributed by atoms with Crippen molar-refractivity contribution in [2.75, 3.05) is 12.3 Å². The minimum absolute atomic E-state index is 0.0624. The summed E-state index contributed by atoms with van der Waals surface area (Å²) in [6.07, 6.45) is -4.59. The molecule has 0 radical (unpaired) electrons. The molecule has 23 heavy (non-hydrogen) atoms. The molecular weight excluding hydrogens is 333 g/mol. The number of aromatic amines is 1. The summed E-state index contributed by atoms with van der Waals surface area (Å²) in [5.41, 5.74) is 0.666. The molecule has 0 saturated carbocycles. The van der Waals surface area contributed by atoms with Crippen molar-refractivity contribution < 1.29 is 22.8 Å². The molecule has 1 N–H and O–H groups in total. The summed E-state index contributed by atoms with van der Waals surface area (Å²) in [4.78, 5) is 28.6. The smallest absolute Gasteiger partial charge is 0.273 e. The average Bonchev–Trinajstić information content (AvgIpc) is 3.07. The molecule has 0 aliphatic carbocycles. The lowest BCUT2D eigenvalue weighted by Gasteiger charge is -2.12. The third-order valence-corrected chi connectivity index (χ3v) is 3.99. The quantitative estimate of drug-likeness (QED) is 0.681. The second-order valence-corrected chi connectivity index (χ2v) is 5.68. The maximum Gasteiger partial charge on any atom is 0.451 e. The van der Waals surface area contributed by atoms with Crippen LogP contribution in [0.15, 0.2) is 29.4 Å². The number of carbonyl (C=O) groups excluding carboxylic acids is 2. The van der Waals surface area contributed by atoms with Gasteiger partial charge in [0.1, 0.15) is 0 Å². The van der Waals surface area contributed by atoms with Crippen molar-refractivity contribution in [3.05, 3.63) is 41.2 Å². The summed E-state index contributed by atoms with van der Waals surface area (Å²) in [6, 6.07) is 6.45. The number of halogens is 3. The summed E-state index contributed by atoms with van der Waals surface area (Å²) in [5, 5.41) is 5.16. The van der Waals surface area contributed by atoms with Gasteiger partial charge in [-0.05, 0) is 12.1 Å². The highest BCUT2D eigenvalue weighted by atomic mass is 32.2. The van der Waals surface area contributed by atoms with Crippen molar-refractivity contribution in [1.29, 1.82) is 0 Å². The molecule has 120 valence electrons. The van der Waals surface area contributed by atoms with E-state index in [-0.39, 0.29) is 17.5 Å². The number of rotatable bonds is 4. The minimum Gasteiger partial charge on any atom is -0.273 e. The number of alkyl halides is 3. The number of benzene rings is 1. The Balaban J connectivity index is 1.61. The predicted molar refractivity (Wildman–Crippen MR) is 73.9 cm³/mol. The lowest BCUT2D eigenvalue weighted by Crippen LogP contribution is -2.31. The number of hydrogen-bond acceptors (Lipinski definition) is 5. The van der Waals surface area contributed by atoms with E-state index in [2.05, 4.69) is 10.1 Å². The van der Waals surface area contributed by atoms with E-state index in [1.807, 2.05) is 0 Å². The minimum atomic E-state index is -4.59. The van der Waals surface area contributed by atoms with Crippen LogP contribution in [0.3, 0.4) is 0 Å². The molecule has 0 bridgehead atoms. The van der Waals surface area contributed by atoms with Gasteiger partial charge in [-0.15, -0.1) is 5.10 Å². The van der Waals surface area contributed by atoms with Crippen LogP contribution in [0, 0.1) is 0 Å². The Morgan fingerprint density at radius 2 is 1.74 bits per heavy atom. The van der Waals surface area contributed by atoms with Crippen molar-refractivity contribution in [3.63, 3.8) is 0 Å². The van der Waals surface area contributed by atoms with Crippen molar-refractivity contribution in [3.8, 4) is 0 Å². The summed E-state index contributed by atoms with van der Waals surface area (Å²) < 4.78 is 37.1. The standard InChI is InChI=1S/C13H9F3N4O2S/c14-13(15,16)11-17-12(19-18-11)23-6-5-20-9(21)7-3-1-2-4-8(7)10(20)22/h1-4H,5-6H2,(H,17,18,19). The molecule has 1 aromatic heterocycles. The van der Waals surface area contributed by atoms with Gasteiger partial charge in [-0.25, -0.2) is 0 Å². The normalized spacial score (nSPS) is 14.5. The van der Waals surface area contributed by atoms with E-state index >= 15 is 0 Å². The Bertz CT molecular complexity index is 740. The lowest BCUT2D eigenvalue weighted by molar-refractivity contribution is -0.144. The fraction of sp³-hybridized carbons (Fsp3) is 0.231. The van der Waals surface area contributed by atoms with E-state index in [0.29, 0.717) is 11.1 Å². The van der Waals surface area contributed by atoms with E-state index in [1.54, 1.807) is 29.4 Å². The van der Waals surface area contributed by atoms with E-state index in [0.717, 1.165) is 16.7 Å². The second-order valence-electron chi connectivity index (χ2n) is 4.62. The summed E-state index contributed by atoms with van der Waals surface area (Å²) in [5.74, 6) is -1.80. The van der Waals surface area contributed by atoms with Crippen molar-refractivity contribution >= 4 is 23.6 Å². The molecule has 1 aromatic carbocycles. The van der Waals surface area contributed by atoms with E-state index < -0.39 is 23.8 Å². The van der Waals surface area contributed by atoms with Gasteiger partial charge in [0.2, 0.25) is 11.0 Å². The molecule has 1 aliphatic heterocycles. The largest absolute Gasteiger partial charge is 0.451 e. The number of amides is 2. The first-order valence-corrected chi connectivity index (χ1v) is 7.44. The number of nitrogens with zero attached hydrogens (tertiary/aromatic N) is 3. The van der Waals surface area contributed by atoms with Crippen LogP contribution in [-0.4, -0.2) is 44.2 Å². The SMILES string of the molecule is O=C1c2ccccc2C(=O)N1CCSc1n[nH]c(C(F)(F)F)n1. The number of nitrogens with one attached hydrogen (secondary N) is 1. The second kappa shape index (κ2) is 5.69. The molecule has 2 aromatic rings. The van der Waals surface area contributed by atoms with Gasteiger partial charge in [0, 0.05) is 12.3 Å². The topological polar surface area (TPSA) is 79.0 Å². The van der Waals surface area contributed by atoms with Gasteiger partial charge in [0.05, 0.1) is 11.1 Å². The Morgan fingerprint density at radius 3 is 2.26 bits per heavy atom. The highest BCUT2D eigenvalue weighted by Gasteiger charge is 2.36. The van der Waals surface area contributed by atoms with Crippen LogP contribution in [0.4, 0.5) is 13.2 Å². The molecular formula is C13H9F3N4O2S. The fourth-order valence-corrected chi connectivity index (χ4v) is 2.83. The van der Waals surface area contributed by atoms with Gasteiger partial charge in [0.25, 0.3) is 11.8 Å². The molecule has 10 heteroatoms. The fourth-order valence-electron chi connectivity index (χ4n) is 2.11. The van der Waals surface area contributed by atoms with Crippen molar-refractivity contribution in [1.82, 2.24) is 20.1 Å². The molecule has 0 saturated heterocycles. The number of aromatic nitrogens is 3. The number of carbonyl (C=O) groups is 2. The van der Waals surface area contributed by atoms with E-state index in [9.17, 15) is 22.8 Å². The first-order valence-electron chi connectivity index (χ1n) is 6.45. The third-order valence-electron chi connectivity index (χ3n) is 3.16. The van der Waals surface area contributed by atoms with E-state index in [4.69, 9.17) is 0 Å². The summed E-state index contributed by atoms with van der Waals surface area (Å²) in [6.45, 7) is 0.0624. The molecule has 6 nitrogen and oxygen atoms in total.